The SMILES string of the molecule is O=c1/c(=C/c2cc(Br)c(O)c(Br)c2O)sc2nc3ccccc3n12. The monoisotopic (exact) mass is 466 g/mol. The minimum absolute atomic E-state index is 0.0982. The molecule has 0 aliphatic rings. The van der Waals surface area contributed by atoms with E-state index < -0.39 is 0 Å². The molecule has 0 saturated heterocycles. The van der Waals surface area contributed by atoms with Gasteiger partial charge in [0.05, 0.1) is 20.0 Å². The van der Waals surface area contributed by atoms with Gasteiger partial charge in [-0.05, 0) is 56.1 Å². The van der Waals surface area contributed by atoms with Crippen LogP contribution in [0.25, 0.3) is 22.1 Å². The Balaban J connectivity index is 2.03. The van der Waals surface area contributed by atoms with Gasteiger partial charge in [0, 0.05) is 5.56 Å². The minimum atomic E-state index is -0.191. The molecular weight excluding hydrogens is 460 g/mol. The van der Waals surface area contributed by atoms with Crippen LogP contribution in [0.5, 0.6) is 11.5 Å². The third kappa shape index (κ3) is 2.25. The number of phenolic OH excluding ortho intramolecular Hbond substituents is 2. The van der Waals surface area contributed by atoms with Crippen molar-refractivity contribution in [2.45, 2.75) is 0 Å². The van der Waals surface area contributed by atoms with Gasteiger partial charge in [0.2, 0.25) is 0 Å². The molecule has 4 aromatic rings. The first-order chi connectivity index (χ1) is 11.5. The van der Waals surface area contributed by atoms with Gasteiger partial charge in [-0.2, -0.15) is 0 Å². The van der Waals surface area contributed by atoms with Crippen molar-refractivity contribution in [3.8, 4) is 11.5 Å². The first-order valence-electron chi connectivity index (χ1n) is 6.79. The Bertz CT molecular complexity index is 1230. The number of rotatable bonds is 1. The fourth-order valence-electron chi connectivity index (χ4n) is 2.48. The van der Waals surface area contributed by atoms with Crippen LogP contribution in [0.15, 0.2) is 44.1 Å². The number of fused-ring (bicyclic) bond motifs is 3. The fourth-order valence-corrected chi connectivity index (χ4v) is 4.61. The number of hydrogen-bond donors (Lipinski definition) is 2. The molecule has 0 unspecified atom stereocenters. The van der Waals surface area contributed by atoms with E-state index in [9.17, 15) is 15.0 Å². The molecule has 24 heavy (non-hydrogen) atoms. The number of thiazole rings is 1. The predicted molar refractivity (Wildman–Crippen MR) is 101 cm³/mol. The molecule has 0 aliphatic carbocycles. The van der Waals surface area contributed by atoms with Crippen molar-refractivity contribution < 1.29 is 10.2 Å². The lowest BCUT2D eigenvalue weighted by atomic mass is 10.2. The largest absolute Gasteiger partial charge is 0.506 e. The molecule has 0 spiro atoms. The van der Waals surface area contributed by atoms with E-state index in [1.165, 1.54) is 11.3 Å². The van der Waals surface area contributed by atoms with Crippen LogP contribution in [0, 0.1) is 0 Å². The minimum Gasteiger partial charge on any atom is -0.506 e. The van der Waals surface area contributed by atoms with Crippen molar-refractivity contribution in [3.05, 3.63) is 59.7 Å². The van der Waals surface area contributed by atoms with Crippen LogP contribution in [0.1, 0.15) is 5.56 Å². The first-order valence-corrected chi connectivity index (χ1v) is 9.19. The summed E-state index contributed by atoms with van der Waals surface area (Å²) in [5, 5.41) is 20.0. The number of phenols is 2. The van der Waals surface area contributed by atoms with Crippen LogP contribution < -0.4 is 10.1 Å². The van der Waals surface area contributed by atoms with Gasteiger partial charge < -0.3 is 10.2 Å². The maximum Gasteiger partial charge on any atom is 0.274 e. The van der Waals surface area contributed by atoms with Crippen molar-refractivity contribution in [2.24, 2.45) is 0 Å². The quantitative estimate of drug-likeness (QED) is 0.450. The van der Waals surface area contributed by atoms with Gasteiger partial charge in [0.15, 0.2) is 4.96 Å². The van der Waals surface area contributed by atoms with E-state index in [4.69, 9.17) is 0 Å². The molecule has 2 aromatic carbocycles. The zero-order chi connectivity index (χ0) is 17.0. The van der Waals surface area contributed by atoms with Crippen LogP contribution in [0.4, 0.5) is 0 Å². The Kier molecular flexibility index (Phi) is 3.63. The molecule has 4 rings (SSSR count). The molecule has 2 N–H and O–H groups in total. The average Bonchev–Trinajstić information content (AvgIpc) is 3.07. The van der Waals surface area contributed by atoms with E-state index in [1.54, 1.807) is 16.5 Å². The van der Waals surface area contributed by atoms with Crippen molar-refractivity contribution in [1.82, 2.24) is 9.38 Å². The number of nitrogens with zero attached hydrogens (tertiary/aromatic N) is 2. The van der Waals surface area contributed by atoms with Gasteiger partial charge in [-0.25, -0.2) is 9.38 Å². The zero-order valence-corrected chi connectivity index (χ0v) is 15.8. The van der Waals surface area contributed by atoms with Crippen LogP contribution in [0.3, 0.4) is 0 Å². The summed E-state index contributed by atoms with van der Waals surface area (Å²) in [5.74, 6) is -0.232. The first kappa shape index (κ1) is 15.6. The number of imidazole rings is 1. The summed E-state index contributed by atoms with van der Waals surface area (Å²) in [5.41, 5.74) is 1.75. The summed E-state index contributed by atoms with van der Waals surface area (Å²) >= 11 is 7.60. The maximum atomic E-state index is 12.7. The highest BCUT2D eigenvalue weighted by atomic mass is 79.9. The number of aromatic hydroxyl groups is 2. The van der Waals surface area contributed by atoms with Gasteiger partial charge >= 0.3 is 0 Å². The van der Waals surface area contributed by atoms with Gasteiger partial charge in [-0.3, -0.25) is 4.79 Å². The molecule has 0 aliphatic heterocycles. The highest BCUT2D eigenvalue weighted by Gasteiger charge is 2.14. The van der Waals surface area contributed by atoms with Crippen molar-refractivity contribution in [3.63, 3.8) is 0 Å². The summed E-state index contributed by atoms with van der Waals surface area (Å²) in [4.78, 5) is 17.8. The summed E-state index contributed by atoms with van der Waals surface area (Å²) in [6, 6.07) is 8.99. The van der Waals surface area contributed by atoms with Crippen LogP contribution in [-0.4, -0.2) is 19.6 Å². The van der Waals surface area contributed by atoms with Crippen LogP contribution in [-0.2, 0) is 0 Å². The molecule has 0 atom stereocenters. The molecule has 0 radical (unpaired) electrons. The van der Waals surface area contributed by atoms with Crippen LogP contribution >= 0.6 is 43.2 Å². The molecule has 0 saturated carbocycles. The third-order valence-corrected chi connectivity index (χ3v) is 5.95. The predicted octanol–water partition coefficient (Wildman–Crippen LogP) is 3.39. The van der Waals surface area contributed by atoms with Gasteiger partial charge in [0.1, 0.15) is 16.0 Å². The maximum absolute atomic E-state index is 12.7. The average molecular weight is 468 g/mol. The van der Waals surface area contributed by atoms with Gasteiger partial charge in [-0.15, -0.1) is 0 Å². The van der Waals surface area contributed by atoms with E-state index in [-0.39, 0.29) is 21.5 Å². The smallest absolute Gasteiger partial charge is 0.274 e. The lowest BCUT2D eigenvalue weighted by Gasteiger charge is -2.06. The van der Waals surface area contributed by atoms with Crippen molar-refractivity contribution >= 4 is 65.3 Å². The summed E-state index contributed by atoms with van der Waals surface area (Å²) in [6.07, 6.45) is 1.58. The Morgan fingerprint density at radius 1 is 1.17 bits per heavy atom. The molecule has 5 nitrogen and oxygen atoms in total. The Morgan fingerprint density at radius 3 is 2.71 bits per heavy atom. The Hall–Kier alpha value is -1.90. The normalized spacial score (nSPS) is 12.5. The highest BCUT2D eigenvalue weighted by Crippen LogP contribution is 2.41. The topological polar surface area (TPSA) is 74.8 Å². The lowest BCUT2D eigenvalue weighted by Crippen LogP contribution is -2.22. The number of aromatic nitrogens is 2. The van der Waals surface area contributed by atoms with Gasteiger partial charge in [-0.1, -0.05) is 23.5 Å². The fraction of sp³-hybridized carbons (Fsp3) is 0. The van der Waals surface area contributed by atoms with Gasteiger partial charge in [0.25, 0.3) is 5.56 Å². The molecule has 0 bridgehead atoms. The molecule has 2 aromatic heterocycles. The second-order valence-electron chi connectivity index (χ2n) is 5.09. The highest BCUT2D eigenvalue weighted by molar-refractivity contribution is 9.11. The molecule has 0 amide bonds. The Morgan fingerprint density at radius 2 is 1.92 bits per heavy atom. The van der Waals surface area contributed by atoms with E-state index >= 15 is 0 Å². The molecule has 120 valence electrons. The Labute approximate surface area is 155 Å². The zero-order valence-electron chi connectivity index (χ0n) is 11.8. The summed E-state index contributed by atoms with van der Waals surface area (Å²) < 4.78 is 2.59. The number of halogens is 2. The number of benzene rings is 2. The number of hydrogen-bond acceptors (Lipinski definition) is 5. The number of para-hydroxylation sites is 2. The molecular formula is C16H8Br2N2O3S. The second-order valence-corrected chi connectivity index (χ2v) is 7.75. The van der Waals surface area contributed by atoms with Crippen molar-refractivity contribution in [1.29, 1.82) is 0 Å². The summed E-state index contributed by atoms with van der Waals surface area (Å²) in [6.45, 7) is 0. The van der Waals surface area contributed by atoms with E-state index in [0.29, 0.717) is 19.5 Å². The van der Waals surface area contributed by atoms with E-state index in [1.807, 2.05) is 24.3 Å². The lowest BCUT2D eigenvalue weighted by molar-refractivity contribution is 0.441. The second kappa shape index (κ2) is 5.58. The molecule has 2 heterocycles. The molecule has 0 fully saturated rings. The van der Waals surface area contributed by atoms with Crippen LogP contribution in [0.2, 0.25) is 0 Å². The molecule has 8 heteroatoms. The van der Waals surface area contributed by atoms with E-state index in [0.717, 1.165) is 11.0 Å². The van der Waals surface area contributed by atoms with Crippen molar-refractivity contribution in [2.75, 3.05) is 0 Å². The standard InChI is InChI=1S/C16H8Br2N2O3S/c17-8-5-7(13(21)12(18)14(8)22)6-11-15(23)20-10-4-2-1-3-9(10)19-16(20)24-11/h1-6,21-22H/b11-6-. The van der Waals surface area contributed by atoms with E-state index in [2.05, 4.69) is 36.8 Å². The third-order valence-electron chi connectivity index (χ3n) is 3.63. The summed E-state index contributed by atoms with van der Waals surface area (Å²) in [7, 11) is 0.